The number of hydrogen-bond acceptors (Lipinski definition) is 6. The molecular formula is C24H14F2N4O3S. The predicted molar refractivity (Wildman–Crippen MR) is 125 cm³/mol. The number of halogens is 2. The highest BCUT2D eigenvalue weighted by molar-refractivity contribution is 7.22. The standard InChI is InChI=1S/C24H14F2N4O3S/c1-33-15-5-4-13(9-27)17(7-15)20-8-18-21(34-20)23(31)30(24(32)29-18)19-11-28-10-14-3-2-12(22(25)26)6-16(14)19/h2-8,10-11,22H,1H3,(H,29,32). The second kappa shape index (κ2) is 8.20. The molecule has 0 saturated heterocycles. The van der Waals surface area contributed by atoms with E-state index < -0.39 is 17.7 Å². The van der Waals surface area contributed by atoms with E-state index in [0.29, 0.717) is 38.0 Å². The molecule has 2 aromatic carbocycles. The maximum atomic E-state index is 13.4. The first-order valence-corrected chi connectivity index (χ1v) is 10.8. The Morgan fingerprint density at radius 3 is 2.71 bits per heavy atom. The van der Waals surface area contributed by atoms with E-state index in [0.717, 1.165) is 15.9 Å². The molecular weight excluding hydrogens is 462 g/mol. The van der Waals surface area contributed by atoms with E-state index in [4.69, 9.17) is 4.74 Å². The monoisotopic (exact) mass is 476 g/mol. The Balaban J connectivity index is 1.77. The van der Waals surface area contributed by atoms with Gasteiger partial charge in [-0.1, -0.05) is 12.1 Å². The molecule has 5 rings (SSSR count). The van der Waals surface area contributed by atoms with Crippen LogP contribution >= 0.6 is 11.3 Å². The van der Waals surface area contributed by atoms with Gasteiger partial charge in [0, 0.05) is 33.0 Å². The zero-order chi connectivity index (χ0) is 24.0. The summed E-state index contributed by atoms with van der Waals surface area (Å²) in [6.45, 7) is 0. The number of H-pyrrole nitrogens is 1. The highest BCUT2D eigenvalue weighted by Gasteiger charge is 2.18. The number of benzene rings is 2. The minimum atomic E-state index is -2.71. The lowest BCUT2D eigenvalue weighted by molar-refractivity contribution is 0.151. The van der Waals surface area contributed by atoms with Gasteiger partial charge in [-0.05, 0) is 30.3 Å². The molecule has 0 amide bonds. The van der Waals surface area contributed by atoms with Gasteiger partial charge in [-0.25, -0.2) is 18.1 Å². The molecule has 0 atom stereocenters. The molecule has 0 unspecified atom stereocenters. The van der Waals surface area contributed by atoms with Crippen LogP contribution in [0.5, 0.6) is 5.75 Å². The quantitative estimate of drug-likeness (QED) is 0.403. The van der Waals surface area contributed by atoms with Gasteiger partial charge < -0.3 is 9.72 Å². The number of pyridine rings is 1. The van der Waals surface area contributed by atoms with Crippen molar-refractivity contribution in [2.45, 2.75) is 6.43 Å². The minimum Gasteiger partial charge on any atom is -0.497 e. The van der Waals surface area contributed by atoms with Crippen molar-refractivity contribution in [2.24, 2.45) is 0 Å². The van der Waals surface area contributed by atoms with Crippen molar-refractivity contribution in [3.8, 4) is 27.9 Å². The smallest absolute Gasteiger partial charge is 0.333 e. The summed E-state index contributed by atoms with van der Waals surface area (Å²) in [6, 6.07) is 12.7. The summed E-state index contributed by atoms with van der Waals surface area (Å²) in [6.07, 6.45) is 0.0612. The van der Waals surface area contributed by atoms with Crippen LogP contribution in [0.4, 0.5) is 8.78 Å². The number of ether oxygens (including phenoxy) is 1. The molecule has 0 spiro atoms. The Hall–Kier alpha value is -4.36. The number of hydrogen-bond donors (Lipinski definition) is 1. The number of aromatic amines is 1. The predicted octanol–water partition coefficient (Wildman–Crippen LogP) is 4.77. The Morgan fingerprint density at radius 2 is 1.97 bits per heavy atom. The molecule has 3 aromatic heterocycles. The Kier molecular flexibility index (Phi) is 5.18. The van der Waals surface area contributed by atoms with Crippen molar-refractivity contribution < 1.29 is 13.5 Å². The Labute approximate surface area is 194 Å². The maximum Gasteiger partial charge on any atom is 0.333 e. The second-order valence-corrected chi connectivity index (χ2v) is 8.44. The molecule has 10 heteroatoms. The number of alkyl halides is 2. The largest absolute Gasteiger partial charge is 0.497 e. The molecule has 168 valence electrons. The number of nitrogens with one attached hydrogen (secondary N) is 1. The topological polar surface area (TPSA) is 101 Å². The molecule has 0 aliphatic rings. The van der Waals surface area contributed by atoms with Crippen molar-refractivity contribution in [1.29, 1.82) is 5.26 Å². The number of nitrogens with zero attached hydrogens (tertiary/aromatic N) is 3. The fraction of sp³-hybridized carbons (Fsp3) is 0.0833. The number of rotatable bonds is 4. The van der Waals surface area contributed by atoms with Crippen LogP contribution < -0.4 is 16.0 Å². The number of thiophene rings is 1. The van der Waals surface area contributed by atoms with Crippen LogP contribution in [0.25, 0.3) is 37.1 Å². The third-order valence-corrected chi connectivity index (χ3v) is 6.60. The third kappa shape index (κ3) is 3.43. The highest BCUT2D eigenvalue weighted by Crippen LogP contribution is 2.35. The van der Waals surface area contributed by atoms with E-state index in [1.807, 2.05) is 0 Å². The second-order valence-electron chi connectivity index (χ2n) is 7.39. The average Bonchev–Trinajstić information content (AvgIpc) is 3.27. The first-order valence-electron chi connectivity index (χ1n) is 9.95. The fourth-order valence-corrected chi connectivity index (χ4v) is 4.86. The SMILES string of the molecule is COc1ccc(C#N)c(-c2cc3[nH]c(=O)n(-c4cncc5ccc(C(F)F)cc45)c(=O)c3s2)c1. The number of aromatic nitrogens is 3. The van der Waals surface area contributed by atoms with Crippen LogP contribution in [0.2, 0.25) is 0 Å². The van der Waals surface area contributed by atoms with E-state index in [-0.39, 0.29) is 16.0 Å². The zero-order valence-electron chi connectivity index (χ0n) is 17.5. The lowest BCUT2D eigenvalue weighted by atomic mass is 10.1. The molecule has 7 nitrogen and oxygen atoms in total. The van der Waals surface area contributed by atoms with Crippen LogP contribution in [0.15, 0.2) is 64.4 Å². The van der Waals surface area contributed by atoms with Crippen LogP contribution in [-0.2, 0) is 0 Å². The Bertz CT molecular complexity index is 1750. The van der Waals surface area contributed by atoms with E-state index in [1.54, 1.807) is 24.3 Å². The fourth-order valence-electron chi connectivity index (χ4n) is 3.79. The van der Waals surface area contributed by atoms with Crippen molar-refractivity contribution in [3.63, 3.8) is 0 Å². The number of nitriles is 1. The summed E-state index contributed by atoms with van der Waals surface area (Å²) in [5.74, 6) is 0.536. The zero-order valence-corrected chi connectivity index (χ0v) is 18.3. The molecule has 3 heterocycles. The van der Waals surface area contributed by atoms with Gasteiger partial charge in [-0.3, -0.25) is 9.78 Å². The van der Waals surface area contributed by atoms with E-state index in [9.17, 15) is 23.6 Å². The lowest BCUT2D eigenvalue weighted by Crippen LogP contribution is -2.33. The summed E-state index contributed by atoms with van der Waals surface area (Å²) in [5.41, 5.74) is -0.235. The average molecular weight is 476 g/mol. The van der Waals surface area contributed by atoms with Crippen LogP contribution in [0.3, 0.4) is 0 Å². The van der Waals surface area contributed by atoms with Gasteiger partial charge >= 0.3 is 5.69 Å². The highest BCUT2D eigenvalue weighted by atomic mass is 32.1. The number of fused-ring (bicyclic) bond motifs is 2. The molecule has 5 aromatic rings. The molecule has 0 aliphatic carbocycles. The number of methoxy groups -OCH3 is 1. The lowest BCUT2D eigenvalue weighted by Gasteiger charge is -2.09. The van der Waals surface area contributed by atoms with Gasteiger partial charge in [0.1, 0.15) is 10.4 Å². The van der Waals surface area contributed by atoms with Crippen LogP contribution in [0.1, 0.15) is 17.6 Å². The summed E-state index contributed by atoms with van der Waals surface area (Å²) in [7, 11) is 1.50. The van der Waals surface area contributed by atoms with E-state index >= 15 is 0 Å². The maximum absolute atomic E-state index is 13.4. The normalized spacial score (nSPS) is 11.3. The summed E-state index contributed by atoms with van der Waals surface area (Å²) >= 11 is 1.11. The van der Waals surface area contributed by atoms with Gasteiger partial charge in [0.05, 0.1) is 36.1 Å². The summed E-state index contributed by atoms with van der Waals surface area (Å²) in [4.78, 5) is 33.7. The molecule has 1 N–H and O–H groups in total. The van der Waals surface area contributed by atoms with E-state index in [2.05, 4.69) is 16.0 Å². The minimum absolute atomic E-state index is 0.0993. The van der Waals surface area contributed by atoms with Gasteiger partial charge in [0.2, 0.25) is 0 Å². The molecule has 34 heavy (non-hydrogen) atoms. The van der Waals surface area contributed by atoms with Crippen molar-refractivity contribution in [2.75, 3.05) is 7.11 Å². The van der Waals surface area contributed by atoms with Crippen LogP contribution in [0, 0.1) is 11.3 Å². The molecule has 0 bridgehead atoms. The summed E-state index contributed by atoms with van der Waals surface area (Å²) in [5, 5.41) is 10.3. The first-order chi connectivity index (χ1) is 16.4. The van der Waals surface area contributed by atoms with Gasteiger partial charge in [-0.15, -0.1) is 11.3 Å². The first kappa shape index (κ1) is 21.5. The van der Waals surface area contributed by atoms with Gasteiger partial charge in [0.25, 0.3) is 12.0 Å². The third-order valence-electron chi connectivity index (χ3n) is 5.44. The van der Waals surface area contributed by atoms with E-state index in [1.165, 1.54) is 37.7 Å². The molecule has 0 saturated carbocycles. The molecule has 0 radical (unpaired) electrons. The van der Waals surface area contributed by atoms with Gasteiger partial charge in [-0.2, -0.15) is 5.26 Å². The van der Waals surface area contributed by atoms with Crippen molar-refractivity contribution >= 4 is 32.3 Å². The molecule has 0 aliphatic heterocycles. The van der Waals surface area contributed by atoms with Gasteiger partial charge in [0.15, 0.2) is 0 Å². The van der Waals surface area contributed by atoms with Crippen molar-refractivity contribution in [3.05, 3.63) is 86.8 Å². The summed E-state index contributed by atoms with van der Waals surface area (Å²) < 4.78 is 33.0. The Morgan fingerprint density at radius 1 is 1.15 bits per heavy atom. The molecule has 0 fully saturated rings. The van der Waals surface area contributed by atoms with Crippen molar-refractivity contribution in [1.82, 2.24) is 14.5 Å². The van der Waals surface area contributed by atoms with Crippen LogP contribution in [-0.4, -0.2) is 21.6 Å².